The van der Waals surface area contributed by atoms with Gasteiger partial charge in [0.2, 0.25) is 5.91 Å². The SMILES string of the molecule is CCOC(=O)N1CCN(C(=O)c2ccccc2NC(=O)CCC2CCCCC2)CC1. The molecule has 2 fully saturated rings. The molecule has 1 aromatic rings. The third-order valence-electron chi connectivity index (χ3n) is 6.03. The van der Waals surface area contributed by atoms with Crippen LogP contribution >= 0.6 is 0 Å². The molecule has 30 heavy (non-hydrogen) atoms. The fourth-order valence-corrected chi connectivity index (χ4v) is 4.28. The largest absolute Gasteiger partial charge is 0.450 e. The van der Waals surface area contributed by atoms with Crippen molar-refractivity contribution >= 4 is 23.6 Å². The van der Waals surface area contributed by atoms with E-state index in [-0.39, 0.29) is 17.9 Å². The molecule has 1 saturated heterocycles. The normalized spacial score (nSPS) is 17.5. The van der Waals surface area contributed by atoms with Gasteiger partial charge < -0.3 is 19.9 Å². The minimum absolute atomic E-state index is 0.0343. The maximum absolute atomic E-state index is 13.0. The van der Waals surface area contributed by atoms with Crippen LogP contribution in [0.1, 0.15) is 62.2 Å². The van der Waals surface area contributed by atoms with Crippen molar-refractivity contribution in [3.05, 3.63) is 29.8 Å². The lowest BCUT2D eigenvalue weighted by Gasteiger charge is -2.34. The Hall–Kier alpha value is -2.57. The van der Waals surface area contributed by atoms with Gasteiger partial charge in [0.05, 0.1) is 17.9 Å². The number of rotatable bonds is 6. The van der Waals surface area contributed by atoms with Gasteiger partial charge >= 0.3 is 6.09 Å². The van der Waals surface area contributed by atoms with Crippen LogP contribution in [0.3, 0.4) is 0 Å². The molecular weight excluding hydrogens is 382 g/mol. The second-order valence-corrected chi connectivity index (χ2v) is 8.11. The molecule has 0 radical (unpaired) electrons. The van der Waals surface area contributed by atoms with Gasteiger partial charge in [-0.05, 0) is 31.4 Å². The van der Waals surface area contributed by atoms with Crippen molar-refractivity contribution in [2.24, 2.45) is 5.92 Å². The summed E-state index contributed by atoms with van der Waals surface area (Å²) in [6, 6.07) is 7.16. The van der Waals surface area contributed by atoms with E-state index in [0.29, 0.717) is 56.4 Å². The van der Waals surface area contributed by atoms with Crippen molar-refractivity contribution in [2.45, 2.75) is 51.9 Å². The summed E-state index contributed by atoms with van der Waals surface area (Å²) in [4.78, 5) is 40.7. The van der Waals surface area contributed by atoms with Crippen LogP contribution in [0.4, 0.5) is 10.5 Å². The smallest absolute Gasteiger partial charge is 0.409 e. The first-order valence-electron chi connectivity index (χ1n) is 11.2. The third kappa shape index (κ3) is 5.97. The molecule has 0 unspecified atom stereocenters. The Kier molecular flexibility index (Phi) is 8.11. The molecule has 0 atom stereocenters. The molecule has 2 aliphatic rings. The fourth-order valence-electron chi connectivity index (χ4n) is 4.28. The summed E-state index contributed by atoms with van der Waals surface area (Å²) in [6.45, 7) is 3.90. The lowest BCUT2D eigenvalue weighted by Crippen LogP contribution is -2.50. The van der Waals surface area contributed by atoms with E-state index < -0.39 is 0 Å². The zero-order valence-electron chi connectivity index (χ0n) is 17.9. The number of benzene rings is 1. The van der Waals surface area contributed by atoms with E-state index in [1.165, 1.54) is 32.1 Å². The van der Waals surface area contributed by atoms with Crippen LogP contribution in [0.2, 0.25) is 0 Å². The number of para-hydroxylation sites is 1. The number of piperazine rings is 1. The summed E-state index contributed by atoms with van der Waals surface area (Å²) in [5.74, 6) is 0.492. The maximum atomic E-state index is 13.0. The van der Waals surface area contributed by atoms with Crippen molar-refractivity contribution < 1.29 is 19.1 Å². The molecule has 0 aromatic heterocycles. The summed E-state index contributed by atoms with van der Waals surface area (Å²) in [5.41, 5.74) is 1.05. The number of amides is 3. The molecule has 7 nitrogen and oxygen atoms in total. The minimum Gasteiger partial charge on any atom is -0.450 e. The van der Waals surface area contributed by atoms with Gasteiger partial charge in [0.15, 0.2) is 0 Å². The second kappa shape index (κ2) is 11.0. The maximum Gasteiger partial charge on any atom is 0.409 e. The van der Waals surface area contributed by atoms with Crippen molar-refractivity contribution in [3.63, 3.8) is 0 Å². The first-order valence-corrected chi connectivity index (χ1v) is 11.2. The number of hydrogen-bond acceptors (Lipinski definition) is 4. The standard InChI is InChI=1S/C23H33N3O4/c1-2-30-23(29)26-16-14-25(15-17-26)22(28)19-10-6-7-11-20(19)24-21(27)13-12-18-8-4-3-5-9-18/h6-7,10-11,18H,2-5,8-9,12-17H2,1H3,(H,24,27). The molecule has 3 amide bonds. The summed E-state index contributed by atoms with van der Waals surface area (Å²) in [6.07, 6.45) is 7.37. The summed E-state index contributed by atoms with van der Waals surface area (Å²) < 4.78 is 5.03. The topological polar surface area (TPSA) is 79.0 Å². The molecule has 3 rings (SSSR count). The quantitative estimate of drug-likeness (QED) is 0.764. The van der Waals surface area contributed by atoms with E-state index in [2.05, 4.69) is 5.32 Å². The Bertz CT molecular complexity index is 738. The molecule has 0 bridgehead atoms. The highest BCUT2D eigenvalue weighted by Gasteiger charge is 2.27. The second-order valence-electron chi connectivity index (χ2n) is 8.11. The predicted octanol–water partition coefficient (Wildman–Crippen LogP) is 3.90. The number of hydrogen-bond donors (Lipinski definition) is 1. The average molecular weight is 416 g/mol. The van der Waals surface area contributed by atoms with Gasteiger partial charge in [-0.3, -0.25) is 9.59 Å². The van der Waals surface area contributed by atoms with Crippen LogP contribution in [-0.2, 0) is 9.53 Å². The van der Waals surface area contributed by atoms with Crippen molar-refractivity contribution in [3.8, 4) is 0 Å². The minimum atomic E-state index is -0.338. The number of nitrogens with one attached hydrogen (secondary N) is 1. The van der Waals surface area contributed by atoms with E-state index in [0.717, 1.165) is 6.42 Å². The van der Waals surface area contributed by atoms with Crippen molar-refractivity contribution in [2.75, 3.05) is 38.1 Å². The van der Waals surface area contributed by atoms with Crippen molar-refractivity contribution in [1.82, 2.24) is 9.80 Å². The highest BCUT2D eigenvalue weighted by molar-refractivity contribution is 6.03. The van der Waals surface area contributed by atoms with E-state index in [4.69, 9.17) is 4.74 Å². The fraction of sp³-hybridized carbons (Fsp3) is 0.609. The Balaban J connectivity index is 1.54. The molecule has 1 aromatic carbocycles. The number of anilines is 1. The molecule has 1 N–H and O–H groups in total. The highest BCUT2D eigenvalue weighted by Crippen LogP contribution is 2.27. The van der Waals surface area contributed by atoms with Crippen LogP contribution in [0.15, 0.2) is 24.3 Å². The predicted molar refractivity (Wildman–Crippen MR) is 115 cm³/mol. The van der Waals surface area contributed by atoms with E-state index in [9.17, 15) is 14.4 Å². The number of nitrogens with zero attached hydrogens (tertiary/aromatic N) is 2. The first-order chi connectivity index (χ1) is 14.6. The molecular formula is C23H33N3O4. The van der Waals surface area contributed by atoms with Gasteiger partial charge in [-0.15, -0.1) is 0 Å². The molecule has 1 aliphatic heterocycles. The molecule has 1 aliphatic carbocycles. The average Bonchev–Trinajstić information content (AvgIpc) is 2.78. The van der Waals surface area contributed by atoms with Crippen LogP contribution < -0.4 is 5.32 Å². The van der Waals surface area contributed by atoms with Crippen LogP contribution in [0.5, 0.6) is 0 Å². The molecule has 1 saturated carbocycles. The summed E-state index contributed by atoms with van der Waals surface area (Å²) in [5, 5.41) is 2.94. The zero-order valence-corrected chi connectivity index (χ0v) is 17.9. The van der Waals surface area contributed by atoms with Crippen LogP contribution in [0.25, 0.3) is 0 Å². The Morgan fingerprint density at radius 3 is 2.37 bits per heavy atom. The van der Waals surface area contributed by atoms with E-state index >= 15 is 0 Å². The van der Waals surface area contributed by atoms with Gasteiger partial charge in [0.25, 0.3) is 5.91 Å². The molecule has 164 valence electrons. The van der Waals surface area contributed by atoms with Gasteiger partial charge in [-0.25, -0.2) is 4.79 Å². The molecule has 0 spiro atoms. The Morgan fingerprint density at radius 1 is 1.00 bits per heavy atom. The third-order valence-corrected chi connectivity index (χ3v) is 6.03. The van der Waals surface area contributed by atoms with E-state index in [1.54, 1.807) is 34.9 Å². The van der Waals surface area contributed by atoms with Crippen LogP contribution in [-0.4, -0.2) is 60.5 Å². The zero-order chi connectivity index (χ0) is 21.3. The summed E-state index contributed by atoms with van der Waals surface area (Å²) >= 11 is 0. The number of carbonyl (C=O) groups is 3. The molecule has 7 heteroatoms. The van der Waals surface area contributed by atoms with Gasteiger partial charge in [0, 0.05) is 32.6 Å². The summed E-state index contributed by atoms with van der Waals surface area (Å²) in [7, 11) is 0. The number of ether oxygens (including phenoxy) is 1. The van der Waals surface area contributed by atoms with Gasteiger partial charge in [-0.2, -0.15) is 0 Å². The Labute approximate surface area is 178 Å². The van der Waals surface area contributed by atoms with Gasteiger partial charge in [-0.1, -0.05) is 44.2 Å². The highest BCUT2D eigenvalue weighted by atomic mass is 16.6. The monoisotopic (exact) mass is 415 g/mol. The first kappa shape index (κ1) is 22.1. The lowest BCUT2D eigenvalue weighted by atomic mass is 9.86. The van der Waals surface area contributed by atoms with E-state index in [1.807, 2.05) is 6.07 Å². The van der Waals surface area contributed by atoms with Gasteiger partial charge in [0.1, 0.15) is 0 Å². The van der Waals surface area contributed by atoms with Crippen molar-refractivity contribution in [1.29, 1.82) is 0 Å². The lowest BCUT2D eigenvalue weighted by molar-refractivity contribution is -0.116. The Morgan fingerprint density at radius 2 is 1.67 bits per heavy atom. The van der Waals surface area contributed by atoms with Crippen LogP contribution in [0, 0.1) is 5.92 Å². The molecule has 1 heterocycles. The number of carbonyl (C=O) groups excluding carboxylic acids is 3.